The van der Waals surface area contributed by atoms with E-state index in [0.29, 0.717) is 5.75 Å². The second-order valence-electron chi connectivity index (χ2n) is 2.81. The van der Waals surface area contributed by atoms with Gasteiger partial charge in [0.15, 0.2) is 5.75 Å². The first-order valence-electron chi connectivity index (χ1n) is 4.09. The van der Waals surface area contributed by atoms with Gasteiger partial charge in [0.1, 0.15) is 0 Å². The summed E-state index contributed by atoms with van der Waals surface area (Å²) in [4.78, 5) is 8.65. The van der Waals surface area contributed by atoms with Gasteiger partial charge in [-0.1, -0.05) is 36.4 Å². The molecule has 72 valence electrons. The Labute approximate surface area is 112 Å². The first kappa shape index (κ1) is 12.6. The summed E-state index contributed by atoms with van der Waals surface area (Å²) < 4.78 is 15.3. The Morgan fingerprint density at radius 3 is 2.53 bits per heavy atom. The standard InChI is InChI=1S/C10H7O3P.Na.H/c11-14(12)13-10-7-3-5-8-4-1-2-6-9(8)10;;/h1-7H;;/q;+1;-1/p+1. The van der Waals surface area contributed by atoms with E-state index in [1.54, 1.807) is 12.1 Å². The zero-order chi connectivity index (χ0) is 9.97. The molecule has 0 saturated carbocycles. The molecule has 0 heterocycles. The van der Waals surface area contributed by atoms with Crippen LogP contribution >= 0.6 is 8.25 Å². The van der Waals surface area contributed by atoms with E-state index in [2.05, 4.69) is 0 Å². The topological polar surface area (TPSA) is 46.5 Å². The second kappa shape index (κ2) is 5.59. The average molecular weight is 231 g/mol. The Hall–Kier alpha value is -0.440. The van der Waals surface area contributed by atoms with Gasteiger partial charge in [0.05, 0.1) is 0 Å². The zero-order valence-corrected chi connectivity index (χ0v) is 11.1. The van der Waals surface area contributed by atoms with E-state index >= 15 is 0 Å². The molecule has 0 aromatic heterocycles. The smallest absolute Gasteiger partial charge is 1.00 e. The normalized spacial score (nSPS) is 10.6. The van der Waals surface area contributed by atoms with Gasteiger partial charge in [-0.2, -0.15) is 0 Å². The van der Waals surface area contributed by atoms with Crippen LogP contribution < -0.4 is 34.1 Å². The van der Waals surface area contributed by atoms with Gasteiger partial charge in [-0.15, -0.1) is 4.89 Å². The van der Waals surface area contributed by atoms with Crippen LogP contribution in [0.5, 0.6) is 5.75 Å². The Balaban J connectivity index is 0.00000112. The first-order chi connectivity index (χ1) is 6.77. The van der Waals surface area contributed by atoms with Crippen molar-refractivity contribution in [2.45, 2.75) is 0 Å². The Kier molecular flexibility index (Phi) is 4.71. The number of benzene rings is 2. The molecule has 0 aliphatic carbocycles. The summed E-state index contributed by atoms with van der Waals surface area (Å²) in [7, 11) is -2.60. The third-order valence-electron chi connectivity index (χ3n) is 1.93. The maximum Gasteiger partial charge on any atom is 1.00 e. The maximum atomic E-state index is 10.5. The molecule has 15 heavy (non-hydrogen) atoms. The summed E-state index contributed by atoms with van der Waals surface area (Å²) in [5.41, 5.74) is 0. The van der Waals surface area contributed by atoms with Crippen LogP contribution in [-0.2, 0) is 4.57 Å². The van der Waals surface area contributed by atoms with Crippen LogP contribution in [0.15, 0.2) is 42.5 Å². The first-order valence-corrected chi connectivity index (χ1v) is 5.22. The third kappa shape index (κ3) is 3.00. The Morgan fingerprint density at radius 1 is 1.13 bits per heavy atom. The van der Waals surface area contributed by atoms with Crippen molar-refractivity contribution < 1.29 is 45.0 Å². The number of hydrogen-bond donors (Lipinski definition) is 1. The van der Waals surface area contributed by atoms with E-state index in [1.807, 2.05) is 30.3 Å². The molecule has 0 aliphatic rings. The molecule has 0 saturated heterocycles. The second-order valence-corrected chi connectivity index (χ2v) is 3.46. The number of hydrogen-bond acceptors (Lipinski definition) is 2. The van der Waals surface area contributed by atoms with Crippen LogP contribution in [0.2, 0.25) is 0 Å². The van der Waals surface area contributed by atoms with Crippen LogP contribution in [0.4, 0.5) is 0 Å². The number of fused-ring (bicyclic) bond motifs is 1. The minimum Gasteiger partial charge on any atom is -1.00 e. The van der Waals surface area contributed by atoms with Crippen LogP contribution in [0, 0.1) is 0 Å². The zero-order valence-electron chi connectivity index (χ0n) is 9.25. The third-order valence-corrected chi connectivity index (χ3v) is 2.28. The molecular formula is C10H9NaO3P+. The molecule has 1 N–H and O–H groups in total. The molecular weight excluding hydrogens is 222 g/mol. The molecule has 1 unspecified atom stereocenters. The molecule has 0 spiro atoms. The molecule has 2 aromatic carbocycles. The molecule has 1 atom stereocenters. The van der Waals surface area contributed by atoms with Crippen molar-refractivity contribution in [3.8, 4) is 5.75 Å². The molecule has 2 rings (SSSR count). The summed E-state index contributed by atoms with van der Waals surface area (Å²) >= 11 is 0. The van der Waals surface area contributed by atoms with Gasteiger partial charge in [0, 0.05) is 9.95 Å². The Bertz CT molecular complexity index is 487. The summed E-state index contributed by atoms with van der Waals surface area (Å²) in [6.07, 6.45) is 0. The predicted molar refractivity (Wildman–Crippen MR) is 55.5 cm³/mol. The SMILES string of the molecule is O=[P+](O)Oc1cccc2ccccc12.[H-].[Na+]. The van der Waals surface area contributed by atoms with Crippen LogP contribution in [-0.4, -0.2) is 4.89 Å². The predicted octanol–water partition coefficient (Wildman–Crippen LogP) is -0.0152. The molecule has 0 fully saturated rings. The fraction of sp³-hybridized carbons (Fsp3) is 0. The van der Waals surface area contributed by atoms with Gasteiger partial charge in [-0.3, -0.25) is 0 Å². The summed E-state index contributed by atoms with van der Waals surface area (Å²) in [5, 5.41) is 1.83. The monoisotopic (exact) mass is 231 g/mol. The molecule has 2 aromatic rings. The van der Waals surface area contributed by atoms with Crippen molar-refractivity contribution in [1.82, 2.24) is 0 Å². The molecule has 0 radical (unpaired) electrons. The molecule has 3 nitrogen and oxygen atoms in total. The van der Waals surface area contributed by atoms with Crippen molar-refractivity contribution in [2.75, 3.05) is 0 Å². The van der Waals surface area contributed by atoms with E-state index in [4.69, 9.17) is 9.42 Å². The quantitative estimate of drug-likeness (QED) is 0.584. The fourth-order valence-electron chi connectivity index (χ4n) is 1.36. The van der Waals surface area contributed by atoms with Gasteiger partial charge in [0.25, 0.3) is 0 Å². The summed E-state index contributed by atoms with van der Waals surface area (Å²) in [6, 6.07) is 12.9. The van der Waals surface area contributed by atoms with Gasteiger partial charge in [0.2, 0.25) is 0 Å². The van der Waals surface area contributed by atoms with Crippen molar-refractivity contribution in [3.63, 3.8) is 0 Å². The van der Waals surface area contributed by atoms with E-state index in [-0.39, 0.29) is 31.0 Å². The number of rotatable bonds is 2. The van der Waals surface area contributed by atoms with Gasteiger partial charge >= 0.3 is 37.8 Å². The molecule has 0 aliphatic heterocycles. The van der Waals surface area contributed by atoms with Gasteiger partial charge in [-0.05, 0) is 11.5 Å². The van der Waals surface area contributed by atoms with E-state index < -0.39 is 8.25 Å². The molecule has 5 heteroatoms. The minimum atomic E-state index is -2.60. The molecule has 0 amide bonds. The van der Waals surface area contributed by atoms with Gasteiger partial charge < -0.3 is 1.43 Å². The maximum absolute atomic E-state index is 10.5. The van der Waals surface area contributed by atoms with E-state index in [9.17, 15) is 4.57 Å². The van der Waals surface area contributed by atoms with Crippen molar-refractivity contribution in [2.24, 2.45) is 0 Å². The van der Waals surface area contributed by atoms with Crippen LogP contribution in [0.3, 0.4) is 0 Å². The minimum absolute atomic E-state index is 0. The summed E-state index contributed by atoms with van der Waals surface area (Å²) in [5.74, 6) is 0.437. The summed E-state index contributed by atoms with van der Waals surface area (Å²) in [6.45, 7) is 0. The van der Waals surface area contributed by atoms with E-state index in [1.165, 1.54) is 0 Å². The van der Waals surface area contributed by atoms with Gasteiger partial charge in [-0.25, -0.2) is 4.52 Å². The molecule has 0 bridgehead atoms. The van der Waals surface area contributed by atoms with Crippen molar-refractivity contribution in [3.05, 3.63) is 42.5 Å². The van der Waals surface area contributed by atoms with Crippen LogP contribution in [0.1, 0.15) is 1.43 Å². The Morgan fingerprint density at radius 2 is 1.80 bits per heavy atom. The fourth-order valence-corrected chi connectivity index (χ4v) is 1.69. The largest absolute Gasteiger partial charge is 1.00 e. The average Bonchev–Trinajstić information content (AvgIpc) is 2.18. The van der Waals surface area contributed by atoms with Crippen molar-refractivity contribution in [1.29, 1.82) is 0 Å². The van der Waals surface area contributed by atoms with E-state index in [0.717, 1.165) is 10.8 Å². The van der Waals surface area contributed by atoms with Crippen LogP contribution in [0.25, 0.3) is 10.8 Å². The van der Waals surface area contributed by atoms with Crippen molar-refractivity contribution >= 4 is 19.0 Å².